The Morgan fingerprint density at radius 3 is 2.85 bits per heavy atom. The number of nitrogens with zero attached hydrogens (tertiary/aromatic N) is 1. The summed E-state index contributed by atoms with van der Waals surface area (Å²) >= 11 is 1.82. The third-order valence-electron chi connectivity index (χ3n) is 5.20. The molecule has 0 amide bonds. The summed E-state index contributed by atoms with van der Waals surface area (Å²) in [5.41, 5.74) is 3.08. The van der Waals surface area contributed by atoms with E-state index >= 15 is 0 Å². The Morgan fingerprint density at radius 2 is 2.08 bits per heavy atom. The lowest BCUT2D eigenvalue weighted by molar-refractivity contribution is 0.0890. The van der Waals surface area contributed by atoms with E-state index in [2.05, 4.69) is 16.0 Å². The molecule has 2 aliphatic heterocycles. The van der Waals surface area contributed by atoms with E-state index in [1.165, 1.54) is 5.56 Å². The minimum atomic E-state index is 0. The zero-order valence-corrected chi connectivity index (χ0v) is 16.3. The van der Waals surface area contributed by atoms with Gasteiger partial charge < -0.3 is 19.7 Å². The molecule has 2 N–H and O–H groups in total. The first-order valence-electron chi connectivity index (χ1n) is 9.00. The number of aromatic amines is 1. The number of β-amino-alcohol motifs (C(OH)–C–C–N with tert-alkyl or cyclic N) is 1. The number of halogens is 1. The molecule has 142 valence electrons. The average Bonchev–Trinajstić information content (AvgIpc) is 2.64. The van der Waals surface area contributed by atoms with E-state index in [0.717, 1.165) is 72.6 Å². The number of fused-ring (bicyclic) bond motifs is 3. The van der Waals surface area contributed by atoms with Gasteiger partial charge in [0.1, 0.15) is 11.9 Å². The standard InChI is InChI=1S/C19H24N2O3S.ClH/c22-9-8-21-6-3-13(4-7-21)24-14-1-2-18-16(11-14)15-5-10-25-12-17(15)19(23)20-18;/h1-2,11,13,22H,3-10,12H2,(H,20,23);1H. The smallest absolute Gasteiger partial charge is 0.252 e. The summed E-state index contributed by atoms with van der Waals surface area (Å²) < 4.78 is 6.22. The molecular weight excluding hydrogens is 372 g/mol. The predicted molar refractivity (Wildman–Crippen MR) is 109 cm³/mol. The minimum absolute atomic E-state index is 0. The Bertz CT molecular complexity index is 818. The molecule has 1 aromatic heterocycles. The SMILES string of the molecule is Cl.O=c1[nH]c2ccc(OC3CCN(CCO)CC3)cc2c2c1CSCC2. The van der Waals surface area contributed by atoms with Crippen LogP contribution in [-0.4, -0.2) is 53.1 Å². The number of piperidine rings is 1. The number of pyridine rings is 1. The summed E-state index contributed by atoms with van der Waals surface area (Å²) in [6.45, 7) is 2.91. The lowest BCUT2D eigenvalue weighted by Crippen LogP contribution is -2.39. The summed E-state index contributed by atoms with van der Waals surface area (Å²) in [5, 5.41) is 10.2. The maximum absolute atomic E-state index is 12.2. The fraction of sp³-hybridized carbons (Fsp3) is 0.526. The third kappa shape index (κ3) is 4.03. The van der Waals surface area contributed by atoms with Gasteiger partial charge in [-0.3, -0.25) is 4.79 Å². The van der Waals surface area contributed by atoms with Gasteiger partial charge in [0, 0.05) is 41.9 Å². The second kappa shape index (κ2) is 8.65. The molecule has 7 heteroatoms. The van der Waals surface area contributed by atoms with Crippen LogP contribution in [0.5, 0.6) is 5.75 Å². The monoisotopic (exact) mass is 396 g/mol. The molecule has 0 atom stereocenters. The molecule has 1 fully saturated rings. The van der Waals surface area contributed by atoms with E-state index in [1.807, 2.05) is 23.9 Å². The Hall–Kier alpha value is -1.21. The highest BCUT2D eigenvalue weighted by Gasteiger charge is 2.21. The maximum atomic E-state index is 12.2. The molecule has 5 nitrogen and oxygen atoms in total. The van der Waals surface area contributed by atoms with Crippen LogP contribution in [0.2, 0.25) is 0 Å². The van der Waals surface area contributed by atoms with Crippen LogP contribution >= 0.6 is 24.2 Å². The molecule has 4 rings (SSSR count). The second-order valence-corrected chi connectivity index (χ2v) is 7.91. The van der Waals surface area contributed by atoms with Crippen molar-refractivity contribution in [3.05, 3.63) is 39.7 Å². The largest absolute Gasteiger partial charge is 0.490 e. The van der Waals surface area contributed by atoms with Gasteiger partial charge in [0.15, 0.2) is 0 Å². The van der Waals surface area contributed by atoms with Crippen molar-refractivity contribution in [1.82, 2.24) is 9.88 Å². The first-order valence-corrected chi connectivity index (χ1v) is 10.2. The van der Waals surface area contributed by atoms with Crippen molar-refractivity contribution in [3.63, 3.8) is 0 Å². The summed E-state index contributed by atoms with van der Waals surface area (Å²) in [7, 11) is 0. The second-order valence-electron chi connectivity index (χ2n) is 6.80. The summed E-state index contributed by atoms with van der Waals surface area (Å²) in [4.78, 5) is 17.5. The molecule has 3 heterocycles. The molecule has 0 unspecified atom stereocenters. The number of aryl methyl sites for hydroxylation is 1. The summed E-state index contributed by atoms with van der Waals surface area (Å²) in [6, 6.07) is 6.03. The number of rotatable bonds is 4. The van der Waals surface area contributed by atoms with Gasteiger partial charge in [-0.2, -0.15) is 11.8 Å². The summed E-state index contributed by atoms with van der Waals surface area (Å²) in [5.74, 6) is 2.76. The molecule has 1 saturated heterocycles. The molecule has 1 aromatic carbocycles. The van der Waals surface area contributed by atoms with Crippen molar-refractivity contribution in [2.75, 3.05) is 32.0 Å². The zero-order chi connectivity index (χ0) is 17.2. The van der Waals surface area contributed by atoms with Gasteiger partial charge in [-0.15, -0.1) is 12.4 Å². The van der Waals surface area contributed by atoms with E-state index in [4.69, 9.17) is 9.84 Å². The summed E-state index contributed by atoms with van der Waals surface area (Å²) in [6.07, 6.45) is 3.14. The average molecular weight is 397 g/mol. The Morgan fingerprint density at radius 1 is 1.27 bits per heavy atom. The number of aliphatic hydroxyl groups is 1. The molecule has 0 spiro atoms. The van der Waals surface area contributed by atoms with Crippen LogP contribution in [0.15, 0.2) is 23.0 Å². The lowest BCUT2D eigenvalue weighted by atomic mass is 10.0. The molecule has 0 aliphatic carbocycles. The minimum Gasteiger partial charge on any atom is -0.490 e. The number of aromatic nitrogens is 1. The van der Waals surface area contributed by atoms with Crippen LogP contribution in [-0.2, 0) is 12.2 Å². The van der Waals surface area contributed by atoms with Gasteiger partial charge in [0.2, 0.25) is 0 Å². The van der Waals surface area contributed by atoms with E-state index in [0.29, 0.717) is 0 Å². The first-order chi connectivity index (χ1) is 12.2. The van der Waals surface area contributed by atoms with Crippen LogP contribution < -0.4 is 10.3 Å². The Balaban J connectivity index is 0.00000196. The number of nitrogens with one attached hydrogen (secondary N) is 1. The third-order valence-corrected chi connectivity index (χ3v) is 6.18. The number of hydrogen-bond acceptors (Lipinski definition) is 5. The molecule has 0 radical (unpaired) electrons. The number of ether oxygens (including phenoxy) is 1. The fourth-order valence-corrected chi connectivity index (χ4v) is 4.83. The van der Waals surface area contributed by atoms with Crippen molar-refractivity contribution in [2.45, 2.75) is 31.1 Å². The number of hydrogen-bond donors (Lipinski definition) is 2. The molecule has 0 bridgehead atoms. The van der Waals surface area contributed by atoms with Crippen molar-refractivity contribution >= 4 is 35.1 Å². The van der Waals surface area contributed by atoms with Crippen molar-refractivity contribution in [3.8, 4) is 5.75 Å². The van der Waals surface area contributed by atoms with Gasteiger partial charge >= 0.3 is 0 Å². The number of aliphatic hydroxyl groups excluding tert-OH is 1. The molecule has 2 aliphatic rings. The first kappa shape index (κ1) is 19.5. The zero-order valence-electron chi connectivity index (χ0n) is 14.7. The van der Waals surface area contributed by atoms with Crippen LogP contribution in [0.1, 0.15) is 24.0 Å². The highest BCUT2D eigenvalue weighted by molar-refractivity contribution is 7.98. The van der Waals surface area contributed by atoms with Gasteiger partial charge in [-0.25, -0.2) is 0 Å². The van der Waals surface area contributed by atoms with Crippen molar-refractivity contribution in [2.24, 2.45) is 0 Å². The highest BCUT2D eigenvalue weighted by Crippen LogP contribution is 2.30. The topological polar surface area (TPSA) is 65.6 Å². The van der Waals surface area contributed by atoms with Crippen LogP contribution in [0, 0.1) is 0 Å². The van der Waals surface area contributed by atoms with E-state index in [1.54, 1.807) is 0 Å². The van der Waals surface area contributed by atoms with E-state index in [-0.39, 0.29) is 30.7 Å². The fourth-order valence-electron chi connectivity index (χ4n) is 3.82. The van der Waals surface area contributed by atoms with Gasteiger partial charge in [0.25, 0.3) is 5.56 Å². The van der Waals surface area contributed by atoms with Crippen molar-refractivity contribution in [1.29, 1.82) is 0 Å². The highest BCUT2D eigenvalue weighted by atomic mass is 35.5. The number of benzene rings is 1. The molecule has 2 aromatic rings. The predicted octanol–water partition coefficient (Wildman–Crippen LogP) is 2.57. The normalized spacial score (nSPS) is 18.3. The van der Waals surface area contributed by atoms with Crippen LogP contribution in [0.3, 0.4) is 0 Å². The van der Waals surface area contributed by atoms with Crippen LogP contribution in [0.4, 0.5) is 0 Å². The van der Waals surface area contributed by atoms with Crippen molar-refractivity contribution < 1.29 is 9.84 Å². The lowest BCUT2D eigenvalue weighted by Gasteiger charge is -2.31. The number of H-pyrrole nitrogens is 1. The number of likely N-dealkylation sites (tertiary alicyclic amines) is 1. The Labute approximate surface area is 163 Å². The van der Waals surface area contributed by atoms with Crippen LogP contribution in [0.25, 0.3) is 10.9 Å². The quantitative estimate of drug-likeness (QED) is 0.831. The maximum Gasteiger partial charge on any atom is 0.252 e. The van der Waals surface area contributed by atoms with E-state index in [9.17, 15) is 4.79 Å². The molecule has 0 saturated carbocycles. The van der Waals surface area contributed by atoms with Gasteiger partial charge in [-0.1, -0.05) is 0 Å². The molecular formula is C19H25ClN2O3S. The molecule has 26 heavy (non-hydrogen) atoms. The van der Waals surface area contributed by atoms with Gasteiger partial charge in [0.05, 0.1) is 6.61 Å². The number of thioether (sulfide) groups is 1. The van der Waals surface area contributed by atoms with E-state index < -0.39 is 0 Å². The van der Waals surface area contributed by atoms with Gasteiger partial charge in [-0.05, 0) is 48.8 Å². The Kier molecular flexibility index (Phi) is 6.51.